The van der Waals surface area contributed by atoms with Crippen molar-refractivity contribution in [3.63, 3.8) is 0 Å². The molecule has 0 radical (unpaired) electrons. The molecule has 6 nitrogen and oxygen atoms in total. The second-order valence-corrected chi connectivity index (χ2v) is 7.36. The second kappa shape index (κ2) is 5.73. The van der Waals surface area contributed by atoms with Crippen molar-refractivity contribution in [1.29, 1.82) is 0 Å². The maximum absolute atomic E-state index is 12.2. The van der Waals surface area contributed by atoms with Gasteiger partial charge in [0.25, 0.3) is 0 Å². The van der Waals surface area contributed by atoms with Crippen LogP contribution in [-0.2, 0) is 14.8 Å². The Balaban J connectivity index is 1.85. The molecular weight excluding hydrogens is 304 g/mol. The summed E-state index contributed by atoms with van der Waals surface area (Å²) in [4.78, 5) is 14.2. The van der Waals surface area contributed by atoms with Crippen LogP contribution in [0.4, 0.5) is 5.69 Å². The van der Waals surface area contributed by atoms with E-state index in [9.17, 15) is 13.2 Å². The lowest BCUT2D eigenvalue weighted by Crippen LogP contribution is -2.25. The van der Waals surface area contributed by atoms with E-state index >= 15 is 0 Å². The number of aromatic amines is 1. The molecule has 1 aromatic carbocycles. The van der Waals surface area contributed by atoms with E-state index in [4.69, 9.17) is 4.74 Å². The number of benzene rings is 1. The molecule has 1 unspecified atom stereocenters. The van der Waals surface area contributed by atoms with Gasteiger partial charge >= 0.3 is 0 Å². The molecule has 1 fully saturated rings. The summed E-state index contributed by atoms with van der Waals surface area (Å²) < 4.78 is 32.3. The molecule has 3 rings (SSSR count). The molecule has 2 N–H and O–H groups in total. The van der Waals surface area contributed by atoms with Crippen molar-refractivity contribution in [3.8, 4) is 0 Å². The highest BCUT2D eigenvalue weighted by atomic mass is 32.2. The normalized spacial score (nSPS) is 18.7. The highest BCUT2D eigenvalue weighted by Crippen LogP contribution is 2.21. The Kier molecular flexibility index (Phi) is 3.92. The monoisotopic (exact) mass is 322 g/mol. The fraction of sp³-hybridized carbons (Fsp3) is 0.400. The number of ether oxygens (including phenoxy) is 1. The lowest BCUT2D eigenvalue weighted by Gasteiger charge is -2.13. The lowest BCUT2D eigenvalue weighted by atomic mass is 10.1. The van der Waals surface area contributed by atoms with Gasteiger partial charge < -0.3 is 9.72 Å². The first-order valence-electron chi connectivity index (χ1n) is 7.19. The SMILES string of the molecule is Cc1cc(=O)[nH]c2ccc(NS(=O)(=O)CC3CCCO3)cc12. The minimum atomic E-state index is -3.45. The van der Waals surface area contributed by atoms with Crippen LogP contribution >= 0.6 is 0 Å². The van der Waals surface area contributed by atoms with Crippen LogP contribution in [0.5, 0.6) is 0 Å². The molecule has 0 spiro atoms. The summed E-state index contributed by atoms with van der Waals surface area (Å²) in [6.45, 7) is 2.45. The predicted octanol–water partition coefficient (Wildman–Crippen LogP) is 1.76. The Morgan fingerprint density at radius 3 is 2.91 bits per heavy atom. The largest absolute Gasteiger partial charge is 0.377 e. The molecule has 2 aromatic rings. The number of rotatable bonds is 4. The Morgan fingerprint density at radius 1 is 1.36 bits per heavy atom. The minimum absolute atomic E-state index is 0.0321. The molecule has 1 aliphatic heterocycles. The third-order valence-corrected chi connectivity index (χ3v) is 5.11. The first-order chi connectivity index (χ1) is 10.4. The number of hydrogen-bond acceptors (Lipinski definition) is 4. The Morgan fingerprint density at radius 2 is 2.18 bits per heavy atom. The van der Waals surface area contributed by atoms with Gasteiger partial charge in [-0.05, 0) is 43.5 Å². The Bertz CT molecular complexity index is 851. The number of sulfonamides is 1. The number of aromatic nitrogens is 1. The van der Waals surface area contributed by atoms with Crippen LogP contribution in [-0.4, -0.2) is 31.9 Å². The van der Waals surface area contributed by atoms with Crippen LogP contribution in [0, 0.1) is 6.92 Å². The zero-order valence-corrected chi connectivity index (χ0v) is 13.1. The van der Waals surface area contributed by atoms with Crippen LogP contribution in [0.1, 0.15) is 18.4 Å². The van der Waals surface area contributed by atoms with E-state index in [2.05, 4.69) is 9.71 Å². The van der Waals surface area contributed by atoms with Crippen LogP contribution in [0.2, 0.25) is 0 Å². The molecule has 22 heavy (non-hydrogen) atoms. The molecule has 0 amide bonds. The van der Waals surface area contributed by atoms with Crippen molar-refractivity contribution >= 4 is 26.6 Å². The number of nitrogens with one attached hydrogen (secondary N) is 2. The highest BCUT2D eigenvalue weighted by Gasteiger charge is 2.23. The van der Waals surface area contributed by atoms with E-state index < -0.39 is 10.0 Å². The van der Waals surface area contributed by atoms with Gasteiger partial charge in [0, 0.05) is 29.3 Å². The van der Waals surface area contributed by atoms with Crippen LogP contribution < -0.4 is 10.3 Å². The quantitative estimate of drug-likeness (QED) is 0.898. The van der Waals surface area contributed by atoms with Crippen molar-refractivity contribution in [3.05, 3.63) is 40.2 Å². The molecule has 0 bridgehead atoms. The molecule has 2 heterocycles. The first-order valence-corrected chi connectivity index (χ1v) is 8.84. The predicted molar refractivity (Wildman–Crippen MR) is 85.7 cm³/mol. The fourth-order valence-corrected chi connectivity index (χ4v) is 4.05. The molecule has 0 saturated carbocycles. The van der Waals surface area contributed by atoms with Crippen LogP contribution in [0.25, 0.3) is 10.9 Å². The Hall–Kier alpha value is -1.86. The standard InChI is InChI=1S/C15H18N2O4S/c1-10-7-15(18)16-14-5-4-11(8-13(10)14)17-22(19,20)9-12-3-2-6-21-12/h4-5,7-8,12,17H,2-3,6,9H2,1H3,(H,16,18). The molecule has 1 aromatic heterocycles. The van der Waals surface area contributed by atoms with E-state index in [1.165, 1.54) is 6.07 Å². The fourth-order valence-electron chi connectivity index (χ4n) is 2.73. The lowest BCUT2D eigenvalue weighted by molar-refractivity contribution is 0.127. The third kappa shape index (κ3) is 3.31. The zero-order chi connectivity index (χ0) is 15.7. The van der Waals surface area contributed by atoms with E-state index in [1.54, 1.807) is 18.2 Å². The van der Waals surface area contributed by atoms with Gasteiger partial charge in [-0.25, -0.2) is 8.42 Å². The van der Waals surface area contributed by atoms with Gasteiger partial charge in [0.2, 0.25) is 15.6 Å². The third-order valence-electron chi connectivity index (χ3n) is 3.75. The number of pyridine rings is 1. The summed E-state index contributed by atoms with van der Waals surface area (Å²) in [7, 11) is -3.45. The summed E-state index contributed by atoms with van der Waals surface area (Å²) in [5.41, 5.74) is 1.81. The Labute approximate surface area is 128 Å². The number of H-pyrrole nitrogens is 1. The average molecular weight is 322 g/mol. The van der Waals surface area contributed by atoms with Gasteiger partial charge in [0.05, 0.1) is 11.9 Å². The summed E-state index contributed by atoms with van der Waals surface area (Å²) in [5, 5.41) is 0.817. The van der Waals surface area contributed by atoms with Crippen molar-refractivity contribution < 1.29 is 13.2 Å². The summed E-state index contributed by atoms with van der Waals surface area (Å²) in [6, 6.07) is 6.57. The van der Waals surface area contributed by atoms with Crippen molar-refractivity contribution in [2.24, 2.45) is 0 Å². The summed E-state index contributed by atoms with van der Waals surface area (Å²) >= 11 is 0. The number of hydrogen-bond donors (Lipinski definition) is 2. The van der Waals surface area contributed by atoms with Gasteiger partial charge in [0.1, 0.15) is 0 Å². The van der Waals surface area contributed by atoms with E-state index in [1.807, 2.05) is 6.92 Å². The van der Waals surface area contributed by atoms with Crippen LogP contribution in [0.3, 0.4) is 0 Å². The number of fused-ring (bicyclic) bond motifs is 1. The smallest absolute Gasteiger partial charge is 0.248 e. The second-order valence-electron chi connectivity index (χ2n) is 5.60. The minimum Gasteiger partial charge on any atom is -0.377 e. The molecule has 7 heteroatoms. The topological polar surface area (TPSA) is 88.3 Å². The van der Waals surface area contributed by atoms with E-state index in [0.717, 1.165) is 23.8 Å². The van der Waals surface area contributed by atoms with Crippen LogP contribution in [0.15, 0.2) is 29.1 Å². The molecule has 1 atom stereocenters. The van der Waals surface area contributed by atoms with E-state index in [0.29, 0.717) is 17.8 Å². The summed E-state index contributed by atoms with van der Waals surface area (Å²) in [5.74, 6) is -0.0321. The maximum Gasteiger partial charge on any atom is 0.248 e. The summed E-state index contributed by atoms with van der Waals surface area (Å²) in [6.07, 6.45) is 1.46. The van der Waals surface area contributed by atoms with Gasteiger partial charge in [-0.15, -0.1) is 0 Å². The van der Waals surface area contributed by atoms with Gasteiger partial charge in [-0.3, -0.25) is 9.52 Å². The maximum atomic E-state index is 12.2. The molecular formula is C15H18N2O4S. The number of aryl methyl sites for hydroxylation is 1. The van der Waals surface area contributed by atoms with E-state index in [-0.39, 0.29) is 17.4 Å². The molecule has 118 valence electrons. The van der Waals surface area contributed by atoms with Gasteiger partial charge in [0.15, 0.2) is 0 Å². The van der Waals surface area contributed by atoms with Crippen molar-refractivity contribution in [2.75, 3.05) is 17.1 Å². The molecule has 1 saturated heterocycles. The first kappa shape index (κ1) is 15.1. The molecule has 1 aliphatic rings. The average Bonchev–Trinajstić information content (AvgIpc) is 2.91. The number of anilines is 1. The highest BCUT2D eigenvalue weighted by molar-refractivity contribution is 7.92. The van der Waals surface area contributed by atoms with Gasteiger partial charge in [-0.1, -0.05) is 0 Å². The van der Waals surface area contributed by atoms with Crippen molar-refractivity contribution in [1.82, 2.24) is 4.98 Å². The van der Waals surface area contributed by atoms with Crippen molar-refractivity contribution in [2.45, 2.75) is 25.9 Å². The molecule has 0 aliphatic carbocycles. The zero-order valence-electron chi connectivity index (χ0n) is 12.3. The van der Waals surface area contributed by atoms with Gasteiger partial charge in [-0.2, -0.15) is 0 Å².